The molecule has 0 saturated carbocycles. The molecule has 286 valence electrons. The lowest BCUT2D eigenvalue weighted by molar-refractivity contribution is 1.07. The van der Waals surface area contributed by atoms with Gasteiger partial charge in [0.2, 0.25) is 0 Å². The van der Waals surface area contributed by atoms with E-state index in [0.717, 1.165) is 44.6 Å². The normalized spacial score (nSPS) is 11.3. The third kappa shape index (κ3) is 6.96. The minimum absolute atomic E-state index is 0.628. The van der Waals surface area contributed by atoms with Gasteiger partial charge < -0.3 is 4.57 Å². The fourth-order valence-electron chi connectivity index (χ4n) is 8.32. The molecule has 2 heterocycles. The first-order valence-electron chi connectivity index (χ1n) is 20.6. The van der Waals surface area contributed by atoms with E-state index in [1.54, 1.807) is 0 Å². The third-order valence-corrected chi connectivity index (χ3v) is 11.5. The van der Waals surface area contributed by atoms with Crippen LogP contribution in [0.15, 0.2) is 231 Å². The minimum atomic E-state index is 0.628. The molecule has 0 N–H and O–H groups in total. The highest BCUT2D eigenvalue weighted by molar-refractivity contribution is 6.10. The van der Waals surface area contributed by atoms with Gasteiger partial charge in [0.1, 0.15) is 0 Å². The summed E-state index contributed by atoms with van der Waals surface area (Å²) < 4.78 is 2.37. The number of para-hydroxylation sites is 1. The Morgan fingerprint density at radius 2 is 0.541 bits per heavy atom. The Morgan fingerprint density at radius 3 is 0.984 bits per heavy atom. The molecule has 4 nitrogen and oxygen atoms in total. The maximum Gasteiger partial charge on any atom is 0.164 e. The number of nitrogens with zero attached hydrogens (tertiary/aromatic N) is 4. The second kappa shape index (κ2) is 15.5. The minimum Gasteiger partial charge on any atom is -0.309 e. The number of aromatic nitrogens is 4. The molecule has 11 rings (SSSR count). The molecule has 9 aromatic carbocycles. The summed E-state index contributed by atoms with van der Waals surface area (Å²) in [6, 6.07) is 81.2. The smallest absolute Gasteiger partial charge is 0.164 e. The first-order valence-corrected chi connectivity index (χ1v) is 20.6. The predicted octanol–water partition coefficient (Wildman–Crippen LogP) is 14.6. The van der Waals surface area contributed by atoms with Gasteiger partial charge in [-0.25, -0.2) is 15.0 Å². The number of hydrogen-bond acceptors (Lipinski definition) is 3. The third-order valence-electron chi connectivity index (χ3n) is 11.5. The number of rotatable bonds is 8. The summed E-state index contributed by atoms with van der Waals surface area (Å²) in [6.07, 6.45) is 0. The van der Waals surface area contributed by atoms with Crippen LogP contribution in [0.4, 0.5) is 0 Å². The van der Waals surface area contributed by atoms with Crippen LogP contribution < -0.4 is 0 Å². The highest BCUT2D eigenvalue weighted by Gasteiger charge is 2.16. The Bertz CT molecular complexity index is 3180. The molecule has 61 heavy (non-hydrogen) atoms. The van der Waals surface area contributed by atoms with Gasteiger partial charge in [0.05, 0.1) is 11.0 Å². The van der Waals surface area contributed by atoms with Gasteiger partial charge >= 0.3 is 0 Å². The summed E-state index contributed by atoms with van der Waals surface area (Å²) >= 11 is 0. The van der Waals surface area contributed by atoms with Crippen LogP contribution in [0.25, 0.3) is 106 Å². The second-order valence-corrected chi connectivity index (χ2v) is 15.3. The molecule has 0 unspecified atom stereocenters. The van der Waals surface area contributed by atoms with Crippen LogP contribution in [0.1, 0.15) is 0 Å². The maximum absolute atomic E-state index is 5.06. The Hall–Kier alpha value is -8.21. The van der Waals surface area contributed by atoms with Crippen molar-refractivity contribution in [2.45, 2.75) is 0 Å². The zero-order valence-corrected chi connectivity index (χ0v) is 33.2. The molecule has 0 saturated heterocycles. The molecule has 0 spiro atoms. The van der Waals surface area contributed by atoms with Gasteiger partial charge in [-0.3, -0.25) is 0 Å². The number of fused-ring (bicyclic) bond motifs is 3. The number of hydrogen-bond donors (Lipinski definition) is 0. The largest absolute Gasteiger partial charge is 0.309 e. The van der Waals surface area contributed by atoms with Crippen LogP contribution in [0.2, 0.25) is 0 Å². The van der Waals surface area contributed by atoms with Crippen molar-refractivity contribution in [3.05, 3.63) is 231 Å². The first kappa shape index (κ1) is 35.9. The van der Waals surface area contributed by atoms with Crippen molar-refractivity contribution >= 4 is 21.8 Å². The number of benzene rings is 9. The van der Waals surface area contributed by atoms with E-state index < -0.39 is 0 Å². The van der Waals surface area contributed by atoms with E-state index in [1.165, 1.54) is 44.1 Å². The Morgan fingerprint density at radius 1 is 0.230 bits per heavy atom. The summed E-state index contributed by atoms with van der Waals surface area (Å²) in [6.45, 7) is 0. The fourth-order valence-corrected chi connectivity index (χ4v) is 8.32. The summed E-state index contributed by atoms with van der Waals surface area (Å²) in [5, 5.41) is 2.49. The molecule has 0 amide bonds. The van der Waals surface area contributed by atoms with E-state index in [1.807, 2.05) is 12.1 Å². The SMILES string of the molecule is c1ccc(-c2ccc(-c3nc(-c4ccc(-c5ccccc5)cc4)nc(-c4ccc(-c5ccc(-n6c7ccccc7c7cc(-c8ccccc8)ccc76)cc5)cc4)n3)cc2)cc1. The van der Waals surface area contributed by atoms with E-state index in [2.05, 4.69) is 223 Å². The molecule has 0 bridgehead atoms. The van der Waals surface area contributed by atoms with E-state index in [9.17, 15) is 0 Å². The molecule has 11 aromatic rings. The van der Waals surface area contributed by atoms with Gasteiger partial charge in [-0.05, 0) is 74.8 Å². The van der Waals surface area contributed by atoms with Crippen LogP contribution in [0.5, 0.6) is 0 Å². The summed E-state index contributed by atoms with van der Waals surface area (Å²) in [5.41, 5.74) is 15.6. The topological polar surface area (TPSA) is 43.6 Å². The highest BCUT2D eigenvalue weighted by Crippen LogP contribution is 2.36. The molecule has 0 aliphatic rings. The van der Waals surface area contributed by atoms with Crippen molar-refractivity contribution in [1.82, 2.24) is 19.5 Å². The summed E-state index contributed by atoms with van der Waals surface area (Å²) in [7, 11) is 0. The van der Waals surface area contributed by atoms with E-state index in [0.29, 0.717) is 17.5 Å². The molecular weight excluding hydrogens is 741 g/mol. The predicted molar refractivity (Wildman–Crippen MR) is 252 cm³/mol. The van der Waals surface area contributed by atoms with Crippen molar-refractivity contribution in [3.8, 4) is 84.4 Å². The zero-order valence-electron chi connectivity index (χ0n) is 33.2. The Balaban J connectivity index is 0.923. The van der Waals surface area contributed by atoms with Crippen molar-refractivity contribution in [1.29, 1.82) is 0 Å². The van der Waals surface area contributed by atoms with E-state index >= 15 is 0 Å². The Labute approximate surface area is 354 Å². The molecule has 0 fully saturated rings. The average Bonchev–Trinajstić information content (AvgIpc) is 3.68. The molecule has 4 heteroatoms. The van der Waals surface area contributed by atoms with E-state index in [-0.39, 0.29) is 0 Å². The van der Waals surface area contributed by atoms with Gasteiger partial charge in [-0.2, -0.15) is 0 Å². The molecule has 0 radical (unpaired) electrons. The molecule has 0 aliphatic heterocycles. The summed E-state index contributed by atoms with van der Waals surface area (Å²) in [5.74, 6) is 1.89. The second-order valence-electron chi connectivity index (χ2n) is 15.3. The standard InChI is InChI=1S/C57H38N4/c1-4-12-39(13-5-1)42-20-26-46(27-21-42)55-58-56(47-28-22-43(23-29-47)40-14-6-2-7-15-40)60-57(59-55)48-30-24-44(25-31-48)45-32-35-50(36-33-45)61-53-19-11-10-18-51(53)52-38-49(34-37-54(52)61)41-16-8-3-9-17-41/h1-38H. The van der Waals surface area contributed by atoms with Gasteiger partial charge in [0.15, 0.2) is 17.5 Å². The summed E-state index contributed by atoms with van der Waals surface area (Å²) in [4.78, 5) is 15.1. The van der Waals surface area contributed by atoms with Crippen LogP contribution in [0.3, 0.4) is 0 Å². The van der Waals surface area contributed by atoms with Gasteiger partial charge in [0, 0.05) is 33.2 Å². The lowest BCUT2D eigenvalue weighted by Gasteiger charge is -2.11. The van der Waals surface area contributed by atoms with Crippen molar-refractivity contribution in [3.63, 3.8) is 0 Å². The fraction of sp³-hybridized carbons (Fsp3) is 0. The van der Waals surface area contributed by atoms with E-state index in [4.69, 9.17) is 15.0 Å². The van der Waals surface area contributed by atoms with Crippen molar-refractivity contribution in [2.24, 2.45) is 0 Å². The maximum atomic E-state index is 5.06. The molecule has 2 aromatic heterocycles. The first-order chi connectivity index (χ1) is 30.2. The lowest BCUT2D eigenvalue weighted by Crippen LogP contribution is -2.00. The quantitative estimate of drug-likeness (QED) is 0.154. The van der Waals surface area contributed by atoms with Crippen LogP contribution >= 0.6 is 0 Å². The van der Waals surface area contributed by atoms with Gasteiger partial charge in [0.25, 0.3) is 0 Å². The van der Waals surface area contributed by atoms with Crippen LogP contribution in [0, 0.1) is 0 Å². The highest BCUT2D eigenvalue weighted by atomic mass is 15.0. The lowest BCUT2D eigenvalue weighted by atomic mass is 10.0. The monoisotopic (exact) mass is 778 g/mol. The van der Waals surface area contributed by atoms with Gasteiger partial charge in [-0.15, -0.1) is 0 Å². The van der Waals surface area contributed by atoms with Gasteiger partial charge in [-0.1, -0.05) is 200 Å². The molecule has 0 atom stereocenters. The molecule has 0 aliphatic carbocycles. The van der Waals surface area contributed by atoms with Crippen LogP contribution in [-0.2, 0) is 0 Å². The van der Waals surface area contributed by atoms with Crippen LogP contribution in [-0.4, -0.2) is 19.5 Å². The molecular formula is C57H38N4. The average molecular weight is 779 g/mol. The Kier molecular flexibility index (Phi) is 9.14. The zero-order chi connectivity index (χ0) is 40.5. The van der Waals surface area contributed by atoms with Crippen molar-refractivity contribution < 1.29 is 0 Å². The van der Waals surface area contributed by atoms with Crippen molar-refractivity contribution in [2.75, 3.05) is 0 Å².